The van der Waals surface area contributed by atoms with Crippen molar-refractivity contribution in [1.82, 2.24) is 10.0 Å². The Morgan fingerprint density at radius 1 is 1.38 bits per heavy atom. The Labute approximate surface area is 155 Å². The van der Waals surface area contributed by atoms with Gasteiger partial charge in [0.05, 0.1) is 7.11 Å². The number of benzene rings is 1. The van der Waals surface area contributed by atoms with E-state index in [1.807, 2.05) is 6.92 Å². The summed E-state index contributed by atoms with van der Waals surface area (Å²) in [7, 11) is -2.34. The zero-order valence-corrected chi connectivity index (χ0v) is 16.7. The van der Waals surface area contributed by atoms with E-state index in [-0.39, 0.29) is 28.2 Å². The van der Waals surface area contributed by atoms with Crippen molar-refractivity contribution in [2.24, 2.45) is 11.7 Å². The fourth-order valence-electron chi connectivity index (χ4n) is 2.94. The number of rotatable bonds is 9. The van der Waals surface area contributed by atoms with E-state index in [1.165, 1.54) is 19.2 Å². The molecule has 0 heterocycles. The Morgan fingerprint density at radius 2 is 2.04 bits per heavy atom. The van der Waals surface area contributed by atoms with Crippen LogP contribution in [-0.4, -0.2) is 39.6 Å². The molecule has 1 aromatic rings. The SMILES string of the molecule is COc1ccc(C(=O)NC(C)(CN)CC(C)C)cc1S(=O)(=O)NC1CC1. The van der Waals surface area contributed by atoms with E-state index < -0.39 is 15.6 Å². The van der Waals surface area contributed by atoms with Crippen LogP contribution in [0.2, 0.25) is 0 Å². The standard InChI is InChI=1S/C18H29N3O4S/c1-12(2)10-18(3,11-19)20-17(22)13-5-8-15(25-4)16(9-13)26(23,24)21-14-6-7-14/h5,8-9,12,14,21H,6-7,10-11,19H2,1-4H3,(H,20,22). The van der Waals surface area contributed by atoms with E-state index in [9.17, 15) is 13.2 Å². The summed E-state index contributed by atoms with van der Waals surface area (Å²) in [5, 5.41) is 2.94. The normalized spacial score (nSPS) is 17.0. The van der Waals surface area contributed by atoms with E-state index in [0.29, 0.717) is 12.5 Å². The van der Waals surface area contributed by atoms with E-state index in [0.717, 1.165) is 19.3 Å². The number of ether oxygens (including phenoxy) is 1. The molecular formula is C18H29N3O4S. The van der Waals surface area contributed by atoms with Gasteiger partial charge in [-0.05, 0) is 50.3 Å². The van der Waals surface area contributed by atoms with Crippen molar-refractivity contribution < 1.29 is 17.9 Å². The molecule has 1 fully saturated rings. The molecule has 1 aliphatic carbocycles. The molecule has 0 radical (unpaired) electrons. The molecule has 1 aliphatic rings. The maximum absolute atomic E-state index is 12.7. The molecule has 0 spiro atoms. The minimum Gasteiger partial charge on any atom is -0.495 e. The van der Waals surface area contributed by atoms with Gasteiger partial charge in [0, 0.05) is 23.7 Å². The van der Waals surface area contributed by atoms with Crippen molar-refractivity contribution in [1.29, 1.82) is 0 Å². The quantitative estimate of drug-likeness (QED) is 0.600. The van der Waals surface area contributed by atoms with Crippen molar-refractivity contribution in [3.05, 3.63) is 23.8 Å². The summed E-state index contributed by atoms with van der Waals surface area (Å²) >= 11 is 0. The van der Waals surface area contributed by atoms with Crippen LogP contribution >= 0.6 is 0 Å². The number of hydrogen-bond acceptors (Lipinski definition) is 5. The topological polar surface area (TPSA) is 111 Å². The highest BCUT2D eigenvalue weighted by molar-refractivity contribution is 7.89. The van der Waals surface area contributed by atoms with Gasteiger partial charge < -0.3 is 15.8 Å². The summed E-state index contributed by atoms with van der Waals surface area (Å²) in [6.07, 6.45) is 2.37. The molecule has 1 atom stereocenters. The van der Waals surface area contributed by atoms with E-state index in [1.54, 1.807) is 6.07 Å². The highest BCUT2D eigenvalue weighted by Gasteiger charge is 2.31. The van der Waals surface area contributed by atoms with Gasteiger partial charge in [-0.3, -0.25) is 4.79 Å². The summed E-state index contributed by atoms with van der Waals surface area (Å²) in [5.74, 6) is 0.209. The number of carbonyl (C=O) groups excluding carboxylic acids is 1. The average Bonchev–Trinajstić information content (AvgIpc) is 3.36. The molecule has 4 N–H and O–H groups in total. The van der Waals surface area contributed by atoms with Gasteiger partial charge in [-0.2, -0.15) is 0 Å². The first kappa shape index (κ1) is 20.7. The lowest BCUT2D eigenvalue weighted by Crippen LogP contribution is -2.52. The lowest BCUT2D eigenvalue weighted by molar-refractivity contribution is 0.0898. The van der Waals surface area contributed by atoms with Gasteiger partial charge in [-0.25, -0.2) is 13.1 Å². The highest BCUT2D eigenvalue weighted by Crippen LogP contribution is 2.28. The van der Waals surface area contributed by atoms with Crippen LogP contribution in [0.15, 0.2) is 23.1 Å². The zero-order valence-electron chi connectivity index (χ0n) is 15.8. The number of carbonyl (C=O) groups is 1. The van der Waals surface area contributed by atoms with Gasteiger partial charge in [0.2, 0.25) is 10.0 Å². The van der Waals surface area contributed by atoms with E-state index >= 15 is 0 Å². The monoisotopic (exact) mass is 383 g/mol. The largest absolute Gasteiger partial charge is 0.495 e. The molecule has 0 saturated heterocycles. The minimum absolute atomic E-state index is 0.0298. The first-order valence-electron chi connectivity index (χ1n) is 8.83. The molecular weight excluding hydrogens is 354 g/mol. The van der Waals surface area contributed by atoms with E-state index in [4.69, 9.17) is 10.5 Å². The highest BCUT2D eigenvalue weighted by atomic mass is 32.2. The first-order valence-corrected chi connectivity index (χ1v) is 10.3. The van der Waals surface area contributed by atoms with Crippen LogP contribution in [0.5, 0.6) is 5.75 Å². The predicted octanol–water partition coefficient (Wildman–Crippen LogP) is 1.63. The van der Waals surface area contributed by atoms with Crippen LogP contribution in [-0.2, 0) is 10.0 Å². The molecule has 1 saturated carbocycles. The lowest BCUT2D eigenvalue weighted by atomic mass is 9.90. The minimum atomic E-state index is -3.74. The number of amides is 1. The lowest BCUT2D eigenvalue weighted by Gasteiger charge is -2.31. The Bertz CT molecular complexity index is 760. The molecule has 0 aliphatic heterocycles. The fraction of sp³-hybridized carbons (Fsp3) is 0.611. The Hall–Kier alpha value is -1.64. The molecule has 1 aromatic carbocycles. The van der Waals surface area contributed by atoms with Gasteiger partial charge in [0.15, 0.2) is 0 Å². The maximum atomic E-state index is 12.7. The van der Waals surface area contributed by atoms with Gasteiger partial charge in [0.1, 0.15) is 10.6 Å². The van der Waals surface area contributed by atoms with Crippen LogP contribution in [0.4, 0.5) is 0 Å². The zero-order chi connectivity index (χ0) is 19.5. The summed E-state index contributed by atoms with van der Waals surface area (Å²) in [5.41, 5.74) is 5.54. The van der Waals surface area contributed by atoms with Crippen LogP contribution in [0.25, 0.3) is 0 Å². The van der Waals surface area contributed by atoms with E-state index in [2.05, 4.69) is 23.9 Å². The predicted molar refractivity (Wildman–Crippen MR) is 101 cm³/mol. The summed E-state index contributed by atoms with van der Waals surface area (Å²) in [6, 6.07) is 4.37. The van der Waals surface area contributed by atoms with Gasteiger partial charge in [0.25, 0.3) is 5.91 Å². The first-order chi connectivity index (χ1) is 12.1. The molecule has 146 valence electrons. The number of nitrogens with two attached hydrogens (primary N) is 1. The Morgan fingerprint density at radius 3 is 2.54 bits per heavy atom. The Kier molecular flexibility index (Phi) is 6.31. The number of hydrogen-bond donors (Lipinski definition) is 3. The maximum Gasteiger partial charge on any atom is 0.251 e. The van der Waals surface area contributed by atoms with Gasteiger partial charge >= 0.3 is 0 Å². The molecule has 0 aromatic heterocycles. The third-order valence-electron chi connectivity index (χ3n) is 4.34. The number of methoxy groups -OCH3 is 1. The molecule has 1 amide bonds. The second-order valence-corrected chi connectivity index (χ2v) is 9.26. The summed E-state index contributed by atoms with van der Waals surface area (Å²) in [4.78, 5) is 12.7. The van der Waals surface area contributed by atoms with Crippen LogP contribution in [0.1, 0.15) is 50.4 Å². The van der Waals surface area contributed by atoms with Crippen molar-refractivity contribution in [3.8, 4) is 5.75 Å². The summed E-state index contributed by atoms with van der Waals surface area (Å²) < 4.78 is 32.9. The average molecular weight is 384 g/mol. The van der Waals surface area contributed by atoms with Crippen molar-refractivity contribution >= 4 is 15.9 Å². The van der Waals surface area contributed by atoms with Crippen molar-refractivity contribution in [2.75, 3.05) is 13.7 Å². The van der Waals surface area contributed by atoms with Crippen molar-refractivity contribution in [2.45, 2.75) is 56.5 Å². The second kappa shape index (κ2) is 7.94. The molecule has 8 heteroatoms. The van der Waals surface area contributed by atoms with Crippen LogP contribution < -0.4 is 20.5 Å². The van der Waals surface area contributed by atoms with Crippen LogP contribution in [0.3, 0.4) is 0 Å². The molecule has 7 nitrogen and oxygen atoms in total. The third kappa shape index (κ3) is 5.18. The third-order valence-corrected chi connectivity index (χ3v) is 5.88. The molecule has 0 bridgehead atoms. The number of nitrogens with one attached hydrogen (secondary N) is 2. The molecule has 26 heavy (non-hydrogen) atoms. The summed E-state index contributed by atoms with van der Waals surface area (Å²) in [6.45, 7) is 6.30. The molecule has 1 unspecified atom stereocenters. The fourth-order valence-corrected chi connectivity index (χ4v) is 4.44. The smallest absolute Gasteiger partial charge is 0.251 e. The van der Waals surface area contributed by atoms with Gasteiger partial charge in [-0.15, -0.1) is 0 Å². The van der Waals surface area contributed by atoms with Gasteiger partial charge in [-0.1, -0.05) is 13.8 Å². The number of sulfonamides is 1. The second-order valence-electron chi connectivity index (χ2n) is 7.58. The van der Waals surface area contributed by atoms with Crippen molar-refractivity contribution in [3.63, 3.8) is 0 Å². The molecule has 2 rings (SSSR count). The van der Waals surface area contributed by atoms with Crippen LogP contribution in [0, 0.1) is 5.92 Å². The Balaban J connectivity index is 2.29.